The van der Waals surface area contributed by atoms with Gasteiger partial charge >= 0.3 is 0 Å². The number of carbonyl (C=O) groups is 4. The Morgan fingerprint density at radius 2 is 1.75 bits per heavy atom. The summed E-state index contributed by atoms with van der Waals surface area (Å²) in [5.41, 5.74) is -0.0157. The molecular weight excluding hydrogens is 747 g/mol. The number of methoxy groups -OCH3 is 1. The van der Waals surface area contributed by atoms with Crippen molar-refractivity contribution in [3.05, 3.63) is 67.3 Å². The zero-order chi connectivity index (χ0) is 40.7. The molecule has 5 atom stereocenters. The largest absolute Gasteiger partial charge is 0.497 e. The number of nitrogens with one attached hydrogen (secondary N) is 2. The number of amides is 4. The molecule has 2 saturated heterocycles. The quantitative estimate of drug-likeness (QED) is 0.227. The van der Waals surface area contributed by atoms with Gasteiger partial charge in [-0.25, -0.2) is 13.4 Å². The molecule has 2 saturated carbocycles. The summed E-state index contributed by atoms with van der Waals surface area (Å²) in [6.07, 6.45) is 4.91. The topological polar surface area (TPSA) is 164 Å². The molecule has 14 heteroatoms. The number of rotatable bonds is 13. The molecule has 57 heavy (non-hydrogen) atoms. The molecule has 13 nitrogen and oxygen atoms in total. The second-order valence-corrected chi connectivity index (χ2v) is 18.9. The molecule has 304 valence electrons. The van der Waals surface area contributed by atoms with Crippen LogP contribution in [0.3, 0.4) is 0 Å². The number of hydrogen-bond acceptors (Lipinski definition) is 9. The number of piperidine rings is 1. The van der Waals surface area contributed by atoms with Crippen LogP contribution in [0.15, 0.2) is 67.3 Å². The van der Waals surface area contributed by atoms with Gasteiger partial charge in [0.05, 0.1) is 36.0 Å². The van der Waals surface area contributed by atoms with E-state index < -0.39 is 62.0 Å². The van der Waals surface area contributed by atoms with Crippen LogP contribution in [-0.2, 0) is 29.2 Å². The average molecular weight is 800 g/mol. The maximum absolute atomic E-state index is 14.9. The first-order valence-electron chi connectivity index (χ1n) is 19.9. The second kappa shape index (κ2) is 15.8. The third-order valence-electron chi connectivity index (χ3n) is 11.9. The lowest BCUT2D eigenvalue weighted by Crippen LogP contribution is -2.57. The lowest BCUT2D eigenvalue weighted by molar-refractivity contribution is -0.148. The molecule has 4 aliphatic rings. The maximum atomic E-state index is 14.9. The number of likely N-dealkylation sites (tertiary alicyclic amines) is 2. The highest BCUT2D eigenvalue weighted by Gasteiger charge is 2.62. The van der Waals surface area contributed by atoms with E-state index in [0.717, 1.165) is 24.8 Å². The van der Waals surface area contributed by atoms with Crippen molar-refractivity contribution in [3.8, 4) is 22.8 Å². The predicted octanol–water partition coefficient (Wildman–Crippen LogP) is 4.99. The van der Waals surface area contributed by atoms with Crippen molar-refractivity contribution < 1.29 is 37.1 Å². The number of hydrogen-bond donors (Lipinski definition) is 2. The van der Waals surface area contributed by atoms with Crippen LogP contribution in [0.4, 0.5) is 0 Å². The zero-order valence-corrected chi connectivity index (χ0v) is 34.0. The molecule has 1 aromatic heterocycles. The molecule has 4 amide bonds. The van der Waals surface area contributed by atoms with Gasteiger partial charge in [0.15, 0.2) is 0 Å². The van der Waals surface area contributed by atoms with Gasteiger partial charge in [-0.1, -0.05) is 57.2 Å². The fraction of sp³-hybridized carbons (Fsp3) is 0.512. The number of sulfonamides is 1. The minimum atomic E-state index is -3.90. The molecule has 7 rings (SSSR count). The molecule has 2 aliphatic carbocycles. The smallest absolute Gasteiger partial charge is 0.259 e. The van der Waals surface area contributed by atoms with Gasteiger partial charge in [-0.2, -0.15) is 0 Å². The first-order chi connectivity index (χ1) is 27.1. The van der Waals surface area contributed by atoms with Gasteiger partial charge in [0.25, 0.3) is 5.91 Å². The van der Waals surface area contributed by atoms with Crippen LogP contribution in [0, 0.1) is 17.3 Å². The zero-order valence-electron chi connectivity index (χ0n) is 33.2. The van der Waals surface area contributed by atoms with E-state index in [1.54, 1.807) is 7.11 Å². The lowest BCUT2D eigenvalue weighted by Gasteiger charge is -2.36. The Bertz CT molecular complexity index is 2160. The molecule has 2 aliphatic heterocycles. The van der Waals surface area contributed by atoms with Crippen LogP contribution in [0.2, 0.25) is 0 Å². The normalized spacial score (nSPS) is 24.0. The molecule has 2 N–H and O–H groups in total. The molecule has 4 fully saturated rings. The van der Waals surface area contributed by atoms with E-state index >= 15 is 0 Å². The number of fused-ring (bicyclic) bond motifs is 1. The van der Waals surface area contributed by atoms with Crippen molar-refractivity contribution in [1.82, 2.24) is 24.8 Å². The highest BCUT2D eigenvalue weighted by molar-refractivity contribution is 7.91. The predicted molar refractivity (Wildman–Crippen MR) is 216 cm³/mol. The summed E-state index contributed by atoms with van der Waals surface area (Å²) in [5, 5.41) is 2.94. The fourth-order valence-corrected chi connectivity index (χ4v) is 9.51. The molecule has 3 heterocycles. The SMILES string of the molecule is C=C[C@@H]1C[C@]1(NC(=O)[C@@H]1C[C@H](Oc2cc(-c3ccccc3)nc3cc(OC)ccc23)CN1C(=O)[C@@H](CC(=O)N1CCCCC1)C(C)(C)C)C(=O)NS(=O)(=O)C1CC1. The van der Waals surface area contributed by atoms with Gasteiger partial charge in [-0.3, -0.25) is 23.9 Å². The van der Waals surface area contributed by atoms with Gasteiger partial charge in [-0.05, 0) is 56.1 Å². The Labute approximate surface area is 334 Å². The fourth-order valence-electron chi connectivity index (χ4n) is 8.14. The summed E-state index contributed by atoms with van der Waals surface area (Å²) in [6, 6.07) is 15.9. The van der Waals surface area contributed by atoms with Gasteiger partial charge < -0.3 is 24.6 Å². The van der Waals surface area contributed by atoms with Gasteiger partial charge in [0.2, 0.25) is 27.7 Å². The standard InChI is InChI=1S/C43H53N5O8S/c1-6-28-25-43(28,41(52)46-57(53,54)31-16-17-31)45-39(50)36-22-30(26-48(36)40(51)33(42(2,3)4)23-38(49)47-19-11-8-12-20-47)56-37-24-34(27-13-9-7-10-14-27)44-35-21-29(55-5)15-18-32(35)37/h6-7,9-10,13-15,18,21,24,28,30-31,33,36H,1,8,11-12,16-17,19-20,22-23,25-26H2,2-5H3,(H,45,50)(H,46,52)/t28-,30+,33-,36+,43-/m1/s1. The Hall–Kier alpha value is -4.98. The van der Waals surface area contributed by atoms with Crippen molar-refractivity contribution >= 4 is 44.6 Å². The van der Waals surface area contributed by atoms with Crippen LogP contribution in [-0.4, -0.2) is 96.5 Å². The van der Waals surface area contributed by atoms with Crippen LogP contribution < -0.4 is 19.5 Å². The number of aromatic nitrogens is 1. The van der Waals surface area contributed by atoms with Crippen molar-refractivity contribution in [2.45, 2.75) is 95.1 Å². The molecule has 3 aromatic rings. The van der Waals surface area contributed by atoms with E-state index in [4.69, 9.17) is 14.5 Å². The van der Waals surface area contributed by atoms with Gasteiger partial charge in [-0.15, -0.1) is 6.58 Å². The maximum Gasteiger partial charge on any atom is 0.259 e. The summed E-state index contributed by atoms with van der Waals surface area (Å²) in [5.74, 6) is -2.03. The summed E-state index contributed by atoms with van der Waals surface area (Å²) in [4.78, 5) is 64.9. The van der Waals surface area contributed by atoms with Gasteiger partial charge in [0.1, 0.15) is 29.2 Å². The number of ether oxygens (including phenoxy) is 2. The minimum Gasteiger partial charge on any atom is -0.497 e. The number of pyridine rings is 1. The Morgan fingerprint density at radius 3 is 2.39 bits per heavy atom. The Balaban J connectivity index is 1.21. The van der Waals surface area contributed by atoms with E-state index in [1.807, 2.05) is 80.3 Å². The van der Waals surface area contributed by atoms with Crippen LogP contribution in [0.1, 0.15) is 72.1 Å². The second-order valence-electron chi connectivity index (χ2n) is 17.0. The third-order valence-corrected chi connectivity index (χ3v) is 13.7. The van der Waals surface area contributed by atoms with Crippen molar-refractivity contribution in [2.24, 2.45) is 17.3 Å². The van der Waals surface area contributed by atoms with E-state index in [0.29, 0.717) is 54.0 Å². The molecule has 0 unspecified atom stereocenters. The van der Waals surface area contributed by atoms with Gasteiger partial charge in [0, 0.05) is 54.9 Å². The molecule has 0 radical (unpaired) electrons. The Kier molecular flexibility index (Phi) is 11.1. The highest BCUT2D eigenvalue weighted by atomic mass is 32.2. The van der Waals surface area contributed by atoms with Crippen molar-refractivity contribution in [2.75, 3.05) is 26.7 Å². The number of carbonyl (C=O) groups excluding carboxylic acids is 4. The summed E-state index contributed by atoms with van der Waals surface area (Å²) >= 11 is 0. The van der Waals surface area contributed by atoms with E-state index in [1.165, 1.54) is 11.0 Å². The average Bonchev–Trinajstić information content (AvgIpc) is 4.13. The Morgan fingerprint density at radius 1 is 1.04 bits per heavy atom. The first kappa shape index (κ1) is 40.2. The minimum absolute atomic E-state index is 0.0140. The lowest BCUT2D eigenvalue weighted by atomic mass is 9.77. The van der Waals surface area contributed by atoms with Crippen molar-refractivity contribution in [1.29, 1.82) is 0 Å². The highest BCUT2D eigenvalue weighted by Crippen LogP contribution is 2.46. The van der Waals surface area contributed by atoms with Crippen LogP contribution in [0.25, 0.3) is 22.2 Å². The molecule has 0 spiro atoms. The molecule has 0 bridgehead atoms. The molecule has 2 aromatic carbocycles. The number of nitrogens with zero attached hydrogens (tertiary/aromatic N) is 3. The first-order valence-corrected chi connectivity index (χ1v) is 21.5. The van der Waals surface area contributed by atoms with Crippen LogP contribution >= 0.6 is 0 Å². The summed E-state index contributed by atoms with van der Waals surface area (Å²) in [6.45, 7) is 10.9. The monoisotopic (exact) mass is 799 g/mol. The van der Waals surface area contributed by atoms with Crippen molar-refractivity contribution in [3.63, 3.8) is 0 Å². The number of benzene rings is 2. The summed E-state index contributed by atoms with van der Waals surface area (Å²) in [7, 11) is -2.31. The van der Waals surface area contributed by atoms with E-state index in [2.05, 4.69) is 16.6 Å². The molecular formula is C43H53N5O8S. The van der Waals surface area contributed by atoms with E-state index in [9.17, 15) is 27.6 Å². The van der Waals surface area contributed by atoms with E-state index in [-0.39, 0.29) is 37.6 Å². The van der Waals surface area contributed by atoms with Crippen LogP contribution in [0.5, 0.6) is 11.5 Å². The third kappa shape index (κ3) is 8.51. The summed E-state index contributed by atoms with van der Waals surface area (Å²) < 4.78 is 40.1.